The highest BCUT2D eigenvalue weighted by atomic mass is 32.1. The largest absolute Gasteiger partial charge is 0.326 e. The van der Waals surface area contributed by atoms with Crippen LogP contribution >= 0.6 is 23.6 Å². The Morgan fingerprint density at radius 3 is 2.67 bits per heavy atom. The molecule has 7 nitrogen and oxygen atoms in total. The quantitative estimate of drug-likeness (QED) is 0.298. The number of non-ortho nitro benzene ring substituents is 1. The van der Waals surface area contributed by atoms with E-state index in [-0.39, 0.29) is 22.4 Å². The molecule has 1 aromatic heterocycles. The van der Waals surface area contributed by atoms with Crippen LogP contribution in [0.25, 0.3) is 6.08 Å². The Balaban J connectivity index is 1.79. The van der Waals surface area contributed by atoms with Gasteiger partial charge in [-0.1, -0.05) is 6.07 Å². The highest BCUT2D eigenvalue weighted by Gasteiger charge is 2.30. The molecule has 0 spiro atoms. The highest BCUT2D eigenvalue weighted by Crippen LogP contribution is 2.17. The lowest BCUT2D eigenvalue weighted by molar-refractivity contribution is -0.384. The van der Waals surface area contributed by atoms with E-state index in [0.29, 0.717) is 5.56 Å². The minimum atomic E-state index is -0.480. The Morgan fingerprint density at radius 2 is 2.04 bits per heavy atom. The number of carbonyl (C=O) groups excluding carboxylic acids is 1. The number of hydrazone groups is 1. The molecule has 1 saturated heterocycles. The van der Waals surface area contributed by atoms with Gasteiger partial charge in [0.1, 0.15) is 5.70 Å². The summed E-state index contributed by atoms with van der Waals surface area (Å²) in [6.45, 7) is 0. The van der Waals surface area contributed by atoms with Crippen molar-refractivity contribution in [3.63, 3.8) is 0 Å². The lowest BCUT2D eigenvalue weighted by Gasteiger charge is -2.04. The van der Waals surface area contributed by atoms with E-state index in [1.807, 2.05) is 17.5 Å². The maximum Gasteiger partial charge on any atom is 0.297 e. The van der Waals surface area contributed by atoms with Crippen LogP contribution in [0, 0.1) is 10.1 Å². The maximum absolute atomic E-state index is 12.3. The number of hydrogen-bond donors (Lipinski definition) is 1. The number of nitrogens with zero attached hydrogens (tertiary/aromatic N) is 3. The number of nitrogens with one attached hydrogen (secondary N) is 1. The number of nitro groups is 1. The molecule has 0 aliphatic carbocycles. The van der Waals surface area contributed by atoms with Gasteiger partial charge < -0.3 is 5.32 Å². The van der Waals surface area contributed by atoms with Gasteiger partial charge in [-0.05, 0) is 47.4 Å². The molecule has 1 aliphatic heterocycles. The zero-order chi connectivity index (χ0) is 17.1. The summed E-state index contributed by atoms with van der Waals surface area (Å²) in [6, 6.07) is 9.61. The van der Waals surface area contributed by atoms with Crippen molar-refractivity contribution in [3.05, 3.63) is 68.0 Å². The average molecular weight is 358 g/mol. The first-order valence-electron chi connectivity index (χ1n) is 6.73. The van der Waals surface area contributed by atoms with E-state index in [4.69, 9.17) is 12.2 Å². The molecule has 0 radical (unpaired) electrons. The van der Waals surface area contributed by atoms with E-state index in [2.05, 4.69) is 10.4 Å². The fourth-order valence-electron chi connectivity index (χ4n) is 1.97. The number of nitro benzene ring substituents is 1. The predicted octanol–water partition coefficient (Wildman–Crippen LogP) is 2.75. The maximum atomic E-state index is 12.3. The standard InChI is InChI=1S/C15H10N4O3S2/c20-14-13(8-10-3-5-11(6-4-10)19(21)22)17-15(23)18(14)16-9-12-2-1-7-24-12/h1-9H,(H,17,23)/b13-8+,16-9+. The molecule has 0 bridgehead atoms. The number of thiophene rings is 1. The van der Waals surface area contributed by atoms with E-state index in [1.165, 1.54) is 23.5 Å². The molecule has 9 heteroatoms. The normalized spacial score (nSPS) is 16.2. The third-order valence-corrected chi connectivity index (χ3v) is 4.20. The summed E-state index contributed by atoms with van der Waals surface area (Å²) in [6.07, 6.45) is 3.13. The summed E-state index contributed by atoms with van der Waals surface area (Å²) < 4.78 is 0. The number of rotatable bonds is 4. The monoisotopic (exact) mass is 358 g/mol. The Morgan fingerprint density at radius 1 is 1.29 bits per heavy atom. The number of benzene rings is 1. The second kappa shape index (κ2) is 6.69. The smallest absolute Gasteiger partial charge is 0.297 e. The first-order valence-corrected chi connectivity index (χ1v) is 8.02. The molecule has 1 amide bonds. The van der Waals surface area contributed by atoms with Gasteiger partial charge in [-0.15, -0.1) is 11.3 Å². The van der Waals surface area contributed by atoms with Crippen LogP contribution in [0.1, 0.15) is 10.4 Å². The van der Waals surface area contributed by atoms with Crippen molar-refractivity contribution in [2.45, 2.75) is 0 Å². The van der Waals surface area contributed by atoms with Crippen molar-refractivity contribution in [1.29, 1.82) is 0 Å². The molecule has 1 N–H and O–H groups in total. The average Bonchev–Trinajstić information content (AvgIpc) is 3.16. The SMILES string of the molecule is O=C1/C(=C\c2ccc([N+](=O)[O-])cc2)NC(=S)N1/N=C/c1cccs1. The third-order valence-electron chi connectivity index (χ3n) is 3.12. The molecule has 2 heterocycles. The summed E-state index contributed by atoms with van der Waals surface area (Å²) in [5.74, 6) is -0.383. The van der Waals surface area contributed by atoms with E-state index < -0.39 is 4.92 Å². The zero-order valence-corrected chi connectivity index (χ0v) is 13.7. The van der Waals surface area contributed by atoms with Crippen LogP contribution in [0.2, 0.25) is 0 Å². The Hall–Kier alpha value is -2.91. The topological polar surface area (TPSA) is 87.8 Å². The van der Waals surface area contributed by atoms with Gasteiger partial charge in [-0.25, -0.2) is 0 Å². The van der Waals surface area contributed by atoms with Crippen LogP contribution in [0.5, 0.6) is 0 Å². The molecule has 2 aromatic rings. The highest BCUT2D eigenvalue weighted by molar-refractivity contribution is 7.80. The van der Waals surface area contributed by atoms with Gasteiger partial charge in [0.15, 0.2) is 0 Å². The zero-order valence-electron chi connectivity index (χ0n) is 12.1. The lowest BCUT2D eigenvalue weighted by Crippen LogP contribution is -2.25. The van der Waals surface area contributed by atoms with E-state index in [0.717, 1.165) is 9.89 Å². The molecule has 120 valence electrons. The summed E-state index contributed by atoms with van der Waals surface area (Å²) in [7, 11) is 0. The van der Waals surface area contributed by atoms with Gasteiger partial charge in [-0.3, -0.25) is 14.9 Å². The molecule has 0 saturated carbocycles. The fraction of sp³-hybridized carbons (Fsp3) is 0. The van der Waals surface area contributed by atoms with Crippen molar-refractivity contribution in [1.82, 2.24) is 10.3 Å². The molecule has 3 rings (SSSR count). The summed E-state index contributed by atoms with van der Waals surface area (Å²) in [4.78, 5) is 23.4. The van der Waals surface area contributed by atoms with Crippen molar-refractivity contribution in [3.8, 4) is 0 Å². The lowest BCUT2D eigenvalue weighted by atomic mass is 10.2. The number of carbonyl (C=O) groups is 1. The second-order valence-electron chi connectivity index (χ2n) is 4.71. The van der Waals surface area contributed by atoms with Gasteiger partial charge >= 0.3 is 0 Å². The fourth-order valence-corrected chi connectivity index (χ4v) is 2.79. The Kier molecular flexibility index (Phi) is 4.45. The first kappa shape index (κ1) is 16.0. The van der Waals surface area contributed by atoms with Crippen LogP contribution < -0.4 is 5.32 Å². The summed E-state index contributed by atoms with van der Waals surface area (Å²) >= 11 is 6.61. The van der Waals surface area contributed by atoms with Crippen LogP contribution in [-0.4, -0.2) is 27.2 Å². The number of amides is 1. The summed E-state index contributed by atoms with van der Waals surface area (Å²) in [5.41, 5.74) is 0.890. The number of thiocarbonyl (C=S) groups is 1. The minimum Gasteiger partial charge on any atom is -0.326 e. The molecule has 1 aliphatic rings. The van der Waals surface area contributed by atoms with Crippen LogP contribution in [-0.2, 0) is 4.79 Å². The van der Waals surface area contributed by atoms with Crippen molar-refractivity contribution in [2.24, 2.45) is 5.10 Å². The molecule has 1 aromatic carbocycles. The van der Waals surface area contributed by atoms with Crippen LogP contribution in [0.3, 0.4) is 0 Å². The molecular formula is C15H10N4O3S2. The molecule has 0 atom stereocenters. The van der Waals surface area contributed by atoms with Gasteiger partial charge in [0.2, 0.25) is 5.11 Å². The van der Waals surface area contributed by atoms with Gasteiger partial charge in [0.05, 0.1) is 11.1 Å². The molecule has 0 unspecified atom stereocenters. The van der Waals surface area contributed by atoms with E-state index in [9.17, 15) is 14.9 Å². The van der Waals surface area contributed by atoms with E-state index in [1.54, 1.807) is 24.4 Å². The van der Waals surface area contributed by atoms with Crippen molar-refractivity contribution in [2.75, 3.05) is 0 Å². The number of hydrogen-bond acceptors (Lipinski definition) is 6. The molecule has 1 fully saturated rings. The molecular weight excluding hydrogens is 348 g/mol. The van der Waals surface area contributed by atoms with Crippen molar-refractivity contribution >= 4 is 52.6 Å². The minimum absolute atomic E-state index is 0.0134. The van der Waals surface area contributed by atoms with Crippen LogP contribution in [0.4, 0.5) is 5.69 Å². The Bertz CT molecular complexity index is 857. The molecule has 24 heavy (non-hydrogen) atoms. The summed E-state index contributed by atoms with van der Waals surface area (Å²) in [5, 5.41) is 20.7. The van der Waals surface area contributed by atoms with Crippen molar-refractivity contribution < 1.29 is 9.72 Å². The van der Waals surface area contributed by atoms with Gasteiger partial charge in [-0.2, -0.15) is 10.1 Å². The Labute approximate surface area is 146 Å². The third kappa shape index (κ3) is 3.36. The van der Waals surface area contributed by atoms with Gasteiger partial charge in [0, 0.05) is 17.0 Å². The second-order valence-corrected chi connectivity index (χ2v) is 6.08. The first-order chi connectivity index (χ1) is 11.5. The van der Waals surface area contributed by atoms with Crippen LogP contribution in [0.15, 0.2) is 52.6 Å². The van der Waals surface area contributed by atoms with Gasteiger partial charge in [0.25, 0.3) is 11.6 Å². The van der Waals surface area contributed by atoms with E-state index >= 15 is 0 Å². The predicted molar refractivity (Wildman–Crippen MR) is 95.6 cm³/mol.